The van der Waals surface area contributed by atoms with Crippen LogP contribution in [0.1, 0.15) is 5.56 Å². The third-order valence-corrected chi connectivity index (χ3v) is 3.51. The molecular weight excluding hydrogens is 335 g/mol. The molecule has 8 heteroatoms. The van der Waals surface area contributed by atoms with Crippen LogP contribution in [0.3, 0.4) is 0 Å². The molecule has 0 spiro atoms. The van der Waals surface area contributed by atoms with Gasteiger partial charge in [0.2, 0.25) is 0 Å². The molecule has 0 saturated carbocycles. The van der Waals surface area contributed by atoms with Gasteiger partial charge in [-0.2, -0.15) is 13.2 Å². The molecule has 1 rings (SSSR count). The van der Waals surface area contributed by atoms with E-state index >= 15 is 0 Å². The Morgan fingerprint density at radius 2 is 1.94 bits per heavy atom. The van der Waals surface area contributed by atoms with Crippen LogP contribution in [0, 0.1) is 0 Å². The summed E-state index contributed by atoms with van der Waals surface area (Å²) in [5.41, 5.74) is -0.959. The third kappa shape index (κ3) is 4.85. The van der Waals surface area contributed by atoms with Gasteiger partial charge in [-0.1, -0.05) is 15.9 Å². The molecule has 1 aromatic carbocycles. The first kappa shape index (κ1) is 15.3. The highest BCUT2D eigenvalue weighted by molar-refractivity contribution is 9.10. The highest BCUT2D eigenvalue weighted by Gasteiger charge is 2.33. The van der Waals surface area contributed by atoms with Crippen molar-refractivity contribution in [2.75, 3.05) is 23.9 Å². The lowest BCUT2D eigenvalue weighted by atomic mass is 10.1. The lowest BCUT2D eigenvalue weighted by Gasteiger charge is -2.14. The average molecular weight is 346 g/mol. The summed E-state index contributed by atoms with van der Waals surface area (Å²) in [4.78, 5) is 0. The van der Waals surface area contributed by atoms with Crippen molar-refractivity contribution < 1.29 is 21.6 Å². The lowest BCUT2D eigenvalue weighted by molar-refractivity contribution is -0.136. The highest BCUT2D eigenvalue weighted by atomic mass is 79.9. The van der Waals surface area contributed by atoms with Gasteiger partial charge in [-0.15, -0.1) is 0 Å². The van der Waals surface area contributed by atoms with Crippen LogP contribution >= 0.6 is 15.9 Å². The highest BCUT2D eigenvalue weighted by Crippen LogP contribution is 2.36. The summed E-state index contributed by atoms with van der Waals surface area (Å²) in [6.45, 7) is -0.0711. The zero-order chi connectivity index (χ0) is 14.0. The van der Waals surface area contributed by atoms with Crippen molar-refractivity contribution in [3.8, 4) is 0 Å². The molecule has 0 aliphatic heterocycles. The van der Waals surface area contributed by atoms with Crippen LogP contribution in [0.2, 0.25) is 0 Å². The van der Waals surface area contributed by atoms with Crippen molar-refractivity contribution in [1.29, 1.82) is 0 Å². The fraction of sp³-hybridized carbons (Fsp3) is 0.400. The molecule has 0 saturated heterocycles. The summed E-state index contributed by atoms with van der Waals surface area (Å²) in [7, 11) is -3.21. The molecule has 0 aliphatic rings. The number of alkyl halides is 3. The minimum Gasteiger partial charge on any atom is -0.384 e. The zero-order valence-electron chi connectivity index (χ0n) is 9.38. The predicted molar refractivity (Wildman–Crippen MR) is 67.3 cm³/mol. The summed E-state index contributed by atoms with van der Waals surface area (Å²) < 4.78 is 60.3. The van der Waals surface area contributed by atoms with E-state index in [-0.39, 0.29) is 18.0 Å². The Morgan fingerprint density at radius 1 is 1.33 bits per heavy atom. The second-order valence-electron chi connectivity index (χ2n) is 3.74. The maximum atomic E-state index is 12.7. The van der Waals surface area contributed by atoms with E-state index in [2.05, 4.69) is 21.2 Å². The molecule has 0 amide bonds. The van der Waals surface area contributed by atoms with Gasteiger partial charge in [0.15, 0.2) is 0 Å². The number of nitrogens with one attached hydrogen (secondary N) is 1. The van der Waals surface area contributed by atoms with Gasteiger partial charge in [0.05, 0.1) is 11.3 Å². The van der Waals surface area contributed by atoms with Crippen molar-refractivity contribution >= 4 is 31.5 Å². The minimum absolute atomic E-state index is 0.0711. The Kier molecular flexibility index (Phi) is 4.66. The van der Waals surface area contributed by atoms with Crippen molar-refractivity contribution in [3.63, 3.8) is 0 Å². The predicted octanol–water partition coefficient (Wildman–Crippen LogP) is 2.92. The first-order valence-electron chi connectivity index (χ1n) is 4.88. The van der Waals surface area contributed by atoms with Gasteiger partial charge in [-0.3, -0.25) is 0 Å². The van der Waals surface area contributed by atoms with Gasteiger partial charge < -0.3 is 5.32 Å². The normalized spacial score (nSPS) is 12.5. The first-order chi connectivity index (χ1) is 8.09. The Labute approximate surface area is 111 Å². The van der Waals surface area contributed by atoms with E-state index in [1.54, 1.807) is 0 Å². The largest absolute Gasteiger partial charge is 0.418 e. The fourth-order valence-electron chi connectivity index (χ4n) is 1.28. The second kappa shape index (κ2) is 5.48. The topological polar surface area (TPSA) is 46.2 Å². The second-order valence-corrected chi connectivity index (χ2v) is 6.92. The van der Waals surface area contributed by atoms with Crippen LogP contribution in [0.4, 0.5) is 18.9 Å². The zero-order valence-corrected chi connectivity index (χ0v) is 11.8. The molecule has 0 fully saturated rings. The molecule has 0 aliphatic carbocycles. The molecule has 0 bridgehead atoms. The molecule has 0 aromatic heterocycles. The van der Waals surface area contributed by atoms with E-state index in [9.17, 15) is 21.6 Å². The number of rotatable bonds is 4. The summed E-state index contributed by atoms with van der Waals surface area (Å²) in [6.07, 6.45) is -3.45. The number of anilines is 1. The van der Waals surface area contributed by atoms with Gasteiger partial charge in [0.25, 0.3) is 0 Å². The Balaban J connectivity index is 2.90. The molecule has 18 heavy (non-hydrogen) atoms. The molecule has 0 radical (unpaired) electrons. The fourth-order valence-corrected chi connectivity index (χ4v) is 2.11. The standard InChI is InChI=1S/C10H11BrF3NO2S/c1-18(16,17)5-4-15-9-6-7(11)2-3-8(9)10(12,13)14/h2-3,6,15H,4-5H2,1H3. The Morgan fingerprint density at radius 3 is 2.44 bits per heavy atom. The maximum Gasteiger partial charge on any atom is 0.418 e. The van der Waals surface area contributed by atoms with E-state index in [4.69, 9.17) is 0 Å². The van der Waals surface area contributed by atoms with E-state index in [0.717, 1.165) is 12.3 Å². The number of halogens is 4. The molecule has 0 atom stereocenters. The number of hydrogen-bond donors (Lipinski definition) is 1. The molecule has 1 aromatic rings. The molecule has 0 heterocycles. The van der Waals surface area contributed by atoms with Crippen LogP contribution in [0.5, 0.6) is 0 Å². The van der Waals surface area contributed by atoms with Crippen LogP contribution in [-0.2, 0) is 16.0 Å². The smallest absolute Gasteiger partial charge is 0.384 e. The SMILES string of the molecule is CS(=O)(=O)CCNc1cc(Br)ccc1C(F)(F)F. The summed E-state index contributed by atoms with van der Waals surface area (Å²) in [6, 6.07) is 3.49. The van der Waals surface area contributed by atoms with Gasteiger partial charge in [-0.25, -0.2) is 8.42 Å². The number of sulfone groups is 1. The molecular formula is C10H11BrF3NO2S. The van der Waals surface area contributed by atoms with Crippen LogP contribution < -0.4 is 5.32 Å². The maximum absolute atomic E-state index is 12.7. The summed E-state index contributed by atoms with van der Waals surface area (Å²) in [5.74, 6) is -0.225. The van der Waals surface area contributed by atoms with Crippen LogP contribution in [0.25, 0.3) is 0 Å². The summed E-state index contributed by atoms with van der Waals surface area (Å²) in [5, 5.41) is 2.49. The average Bonchev–Trinajstić information content (AvgIpc) is 2.13. The lowest BCUT2D eigenvalue weighted by Crippen LogP contribution is -2.17. The van der Waals surface area contributed by atoms with E-state index in [0.29, 0.717) is 4.47 Å². The number of hydrogen-bond acceptors (Lipinski definition) is 3. The summed E-state index contributed by atoms with van der Waals surface area (Å²) >= 11 is 3.07. The third-order valence-electron chi connectivity index (χ3n) is 2.08. The van der Waals surface area contributed by atoms with Crippen molar-refractivity contribution in [1.82, 2.24) is 0 Å². The van der Waals surface area contributed by atoms with E-state index in [1.165, 1.54) is 12.1 Å². The quantitative estimate of drug-likeness (QED) is 0.912. The van der Waals surface area contributed by atoms with Gasteiger partial charge >= 0.3 is 6.18 Å². The Bertz CT molecular complexity index is 528. The van der Waals surface area contributed by atoms with Gasteiger partial charge in [0, 0.05) is 23.0 Å². The molecule has 3 nitrogen and oxygen atoms in total. The molecule has 1 N–H and O–H groups in total. The Hall–Kier alpha value is -0.760. The van der Waals surface area contributed by atoms with Gasteiger partial charge in [0.1, 0.15) is 9.84 Å². The van der Waals surface area contributed by atoms with E-state index < -0.39 is 21.6 Å². The van der Waals surface area contributed by atoms with Crippen molar-refractivity contribution in [2.24, 2.45) is 0 Å². The molecule has 102 valence electrons. The minimum atomic E-state index is -4.48. The number of benzene rings is 1. The van der Waals surface area contributed by atoms with Gasteiger partial charge in [-0.05, 0) is 18.2 Å². The van der Waals surface area contributed by atoms with E-state index in [1.807, 2.05) is 0 Å². The van der Waals surface area contributed by atoms with Crippen LogP contribution in [-0.4, -0.2) is 27.0 Å². The van der Waals surface area contributed by atoms with Crippen molar-refractivity contribution in [3.05, 3.63) is 28.2 Å². The monoisotopic (exact) mass is 345 g/mol. The molecule has 0 unspecified atom stereocenters. The van der Waals surface area contributed by atoms with Crippen LogP contribution in [0.15, 0.2) is 22.7 Å². The first-order valence-corrected chi connectivity index (χ1v) is 7.73. The van der Waals surface area contributed by atoms with Crippen molar-refractivity contribution in [2.45, 2.75) is 6.18 Å².